The maximum atomic E-state index is 11.7. The third kappa shape index (κ3) is 6.00. The Morgan fingerprint density at radius 3 is 2.78 bits per heavy atom. The number of sulfonamides is 1. The van der Waals surface area contributed by atoms with Crippen molar-refractivity contribution in [3.8, 4) is 0 Å². The highest BCUT2D eigenvalue weighted by molar-refractivity contribution is 7.88. The average Bonchev–Trinajstić information content (AvgIpc) is 2.23. The predicted octanol–water partition coefficient (Wildman–Crippen LogP) is 0.849. The highest BCUT2D eigenvalue weighted by Gasteiger charge is 2.11. The van der Waals surface area contributed by atoms with Crippen molar-refractivity contribution in [1.29, 1.82) is 0 Å². The van der Waals surface area contributed by atoms with Crippen LogP contribution in [0.15, 0.2) is 24.3 Å². The van der Waals surface area contributed by atoms with Gasteiger partial charge in [0.05, 0.1) is 11.9 Å². The quantitative estimate of drug-likeness (QED) is 0.507. The van der Waals surface area contributed by atoms with E-state index >= 15 is 0 Å². The molecule has 1 unspecified atom stereocenters. The number of aliphatic hydroxyl groups is 1. The summed E-state index contributed by atoms with van der Waals surface area (Å²) in [4.78, 5) is 0. The molecule has 0 radical (unpaired) electrons. The fourth-order valence-electron chi connectivity index (χ4n) is 1.58. The van der Waals surface area contributed by atoms with Crippen LogP contribution in [0.4, 0.5) is 5.69 Å². The first-order valence-corrected chi connectivity index (χ1v) is 7.54. The van der Waals surface area contributed by atoms with Gasteiger partial charge in [-0.3, -0.25) is 0 Å². The summed E-state index contributed by atoms with van der Waals surface area (Å²) in [6.07, 6.45) is 0.803. The Bertz CT molecular complexity index is 472. The Balaban J connectivity index is 2.45. The van der Waals surface area contributed by atoms with E-state index in [9.17, 15) is 8.42 Å². The van der Waals surface area contributed by atoms with Gasteiger partial charge in [0.15, 0.2) is 0 Å². The fraction of sp³-hybridized carbons (Fsp3) is 0.500. The number of benzene rings is 1. The van der Waals surface area contributed by atoms with Gasteiger partial charge in [-0.2, -0.15) is 0 Å². The molecule has 102 valence electrons. The van der Waals surface area contributed by atoms with Gasteiger partial charge in [0, 0.05) is 12.2 Å². The summed E-state index contributed by atoms with van der Waals surface area (Å²) >= 11 is 0. The molecule has 0 aliphatic heterocycles. The Kier molecular flexibility index (Phi) is 5.58. The van der Waals surface area contributed by atoms with E-state index < -0.39 is 16.1 Å². The lowest BCUT2D eigenvalue weighted by atomic mass is 10.2. The summed E-state index contributed by atoms with van der Waals surface area (Å²) in [5.41, 5.74) is 6.81. The van der Waals surface area contributed by atoms with E-state index in [1.165, 1.54) is 0 Å². The normalized spacial score (nSPS) is 13.4. The maximum absolute atomic E-state index is 11.7. The number of rotatable bonds is 7. The molecule has 0 aliphatic carbocycles. The fourth-order valence-corrected chi connectivity index (χ4v) is 2.75. The predicted molar refractivity (Wildman–Crippen MR) is 72.4 cm³/mol. The highest BCUT2D eigenvalue weighted by Crippen LogP contribution is 2.09. The standard InChI is InChI=1S/C12H20N2O3S/c1-10(15)4-3-7-14-18(16,17)9-11-5-2-6-12(13)8-11/h2,5-6,8,10,14-15H,3-4,7,9,13H2,1H3. The molecule has 1 aromatic rings. The molecule has 18 heavy (non-hydrogen) atoms. The molecule has 0 heterocycles. The Labute approximate surface area is 108 Å². The second-order valence-corrected chi connectivity index (χ2v) is 6.20. The van der Waals surface area contributed by atoms with Crippen molar-refractivity contribution >= 4 is 15.7 Å². The number of hydrogen-bond acceptors (Lipinski definition) is 4. The van der Waals surface area contributed by atoms with E-state index in [1.54, 1.807) is 31.2 Å². The van der Waals surface area contributed by atoms with Crippen LogP contribution in [0.3, 0.4) is 0 Å². The van der Waals surface area contributed by atoms with Crippen molar-refractivity contribution in [3.05, 3.63) is 29.8 Å². The lowest BCUT2D eigenvalue weighted by molar-refractivity contribution is 0.182. The second kappa shape index (κ2) is 6.72. The number of nitrogens with one attached hydrogen (secondary N) is 1. The molecule has 5 nitrogen and oxygen atoms in total. The molecule has 0 amide bonds. The molecular formula is C12H20N2O3S. The van der Waals surface area contributed by atoms with Gasteiger partial charge in [-0.15, -0.1) is 0 Å². The molecule has 1 rings (SSSR count). The minimum absolute atomic E-state index is 0.0767. The number of aliphatic hydroxyl groups excluding tert-OH is 1. The highest BCUT2D eigenvalue weighted by atomic mass is 32.2. The second-order valence-electron chi connectivity index (χ2n) is 4.39. The average molecular weight is 272 g/mol. The zero-order valence-electron chi connectivity index (χ0n) is 10.5. The first-order chi connectivity index (χ1) is 8.39. The summed E-state index contributed by atoms with van der Waals surface area (Å²) in [5.74, 6) is -0.0767. The van der Waals surface area contributed by atoms with Crippen molar-refractivity contribution in [2.24, 2.45) is 0 Å². The van der Waals surface area contributed by atoms with E-state index in [2.05, 4.69) is 4.72 Å². The SMILES string of the molecule is CC(O)CCCNS(=O)(=O)Cc1cccc(N)c1. The van der Waals surface area contributed by atoms with Gasteiger partial charge < -0.3 is 10.8 Å². The summed E-state index contributed by atoms with van der Waals surface area (Å²) in [7, 11) is -3.34. The van der Waals surface area contributed by atoms with Crippen molar-refractivity contribution < 1.29 is 13.5 Å². The molecule has 0 saturated heterocycles. The molecule has 0 saturated carbocycles. The molecular weight excluding hydrogens is 252 g/mol. The van der Waals surface area contributed by atoms with Crippen molar-refractivity contribution in [2.45, 2.75) is 31.6 Å². The van der Waals surface area contributed by atoms with E-state index in [0.29, 0.717) is 30.6 Å². The van der Waals surface area contributed by atoms with Crippen LogP contribution < -0.4 is 10.5 Å². The smallest absolute Gasteiger partial charge is 0.215 e. The van der Waals surface area contributed by atoms with Gasteiger partial charge in [0.2, 0.25) is 10.0 Å². The summed E-state index contributed by atoms with van der Waals surface area (Å²) < 4.78 is 26.0. The number of nitrogens with two attached hydrogens (primary N) is 1. The van der Waals surface area contributed by atoms with E-state index in [0.717, 1.165) is 0 Å². The number of anilines is 1. The Morgan fingerprint density at radius 2 is 2.17 bits per heavy atom. The number of nitrogen functional groups attached to an aromatic ring is 1. The van der Waals surface area contributed by atoms with Crippen LogP contribution in [0.2, 0.25) is 0 Å². The molecule has 0 fully saturated rings. The summed E-state index contributed by atoms with van der Waals surface area (Å²) in [6.45, 7) is 2.02. The summed E-state index contributed by atoms with van der Waals surface area (Å²) in [6, 6.07) is 6.82. The van der Waals surface area contributed by atoms with Crippen molar-refractivity contribution in [1.82, 2.24) is 4.72 Å². The van der Waals surface area contributed by atoms with Gasteiger partial charge >= 0.3 is 0 Å². The molecule has 0 aromatic heterocycles. The molecule has 4 N–H and O–H groups in total. The van der Waals surface area contributed by atoms with Gasteiger partial charge in [0.25, 0.3) is 0 Å². The third-order valence-corrected chi connectivity index (χ3v) is 3.79. The molecule has 0 spiro atoms. The van der Waals surface area contributed by atoms with Crippen LogP contribution in [0.5, 0.6) is 0 Å². The van der Waals surface area contributed by atoms with E-state index in [-0.39, 0.29) is 5.75 Å². The Morgan fingerprint density at radius 1 is 1.44 bits per heavy atom. The first-order valence-electron chi connectivity index (χ1n) is 5.89. The number of hydrogen-bond donors (Lipinski definition) is 3. The van der Waals surface area contributed by atoms with Gasteiger partial charge in [-0.25, -0.2) is 13.1 Å². The lowest BCUT2D eigenvalue weighted by Gasteiger charge is -2.08. The van der Waals surface area contributed by atoms with Crippen LogP contribution in [0, 0.1) is 0 Å². The van der Waals surface area contributed by atoms with Gasteiger partial charge in [-0.1, -0.05) is 12.1 Å². The minimum atomic E-state index is -3.34. The monoisotopic (exact) mass is 272 g/mol. The molecule has 0 aliphatic rings. The van der Waals surface area contributed by atoms with Crippen LogP contribution in [-0.4, -0.2) is 26.2 Å². The minimum Gasteiger partial charge on any atom is -0.399 e. The van der Waals surface area contributed by atoms with Crippen molar-refractivity contribution in [3.63, 3.8) is 0 Å². The largest absolute Gasteiger partial charge is 0.399 e. The molecule has 0 bridgehead atoms. The third-order valence-electron chi connectivity index (χ3n) is 2.43. The van der Waals surface area contributed by atoms with Crippen molar-refractivity contribution in [2.75, 3.05) is 12.3 Å². The molecule has 1 atom stereocenters. The lowest BCUT2D eigenvalue weighted by Crippen LogP contribution is -2.26. The zero-order chi connectivity index (χ0) is 13.6. The Hall–Kier alpha value is -1.11. The zero-order valence-corrected chi connectivity index (χ0v) is 11.3. The van der Waals surface area contributed by atoms with E-state index in [1.807, 2.05) is 0 Å². The summed E-state index contributed by atoms with van der Waals surface area (Å²) in [5, 5.41) is 9.06. The van der Waals surface area contributed by atoms with Crippen LogP contribution >= 0.6 is 0 Å². The first kappa shape index (κ1) is 14.9. The van der Waals surface area contributed by atoms with E-state index in [4.69, 9.17) is 10.8 Å². The van der Waals surface area contributed by atoms with Crippen LogP contribution in [0.25, 0.3) is 0 Å². The molecule has 6 heteroatoms. The topological polar surface area (TPSA) is 92.4 Å². The van der Waals surface area contributed by atoms with Crippen LogP contribution in [-0.2, 0) is 15.8 Å². The maximum Gasteiger partial charge on any atom is 0.215 e. The van der Waals surface area contributed by atoms with Gasteiger partial charge in [0.1, 0.15) is 0 Å². The van der Waals surface area contributed by atoms with Crippen LogP contribution in [0.1, 0.15) is 25.3 Å². The van der Waals surface area contributed by atoms with Gasteiger partial charge in [-0.05, 0) is 37.5 Å². The molecule has 1 aromatic carbocycles.